The first-order valence-corrected chi connectivity index (χ1v) is 7.59. The molecular weight excluding hydrogens is 319 g/mol. The van der Waals surface area contributed by atoms with Crippen molar-refractivity contribution in [1.29, 1.82) is 0 Å². The summed E-state index contributed by atoms with van der Waals surface area (Å²) < 4.78 is 36.0. The van der Waals surface area contributed by atoms with Crippen LogP contribution in [0.4, 0.5) is 10.1 Å². The molecule has 0 radical (unpaired) electrons. The van der Waals surface area contributed by atoms with Crippen LogP contribution in [0.25, 0.3) is 0 Å². The molecule has 5 nitrogen and oxygen atoms in total. The molecule has 1 amide bonds. The Morgan fingerprint density at radius 2 is 1.86 bits per heavy atom. The smallest absolute Gasteiger partial charge is 0.257 e. The Labute approximate surface area is 125 Å². The van der Waals surface area contributed by atoms with Crippen molar-refractivity contribution in [3.8, 4) is 0 Å². The predicted octanol–water partition coefficient (Wildman–Crippen LogP) is 2.38. The van der Waals surface area contributed by atoms with Gasteiger partial charge in [0.1, 0.15) is 5.82 Å². The standard InChI is InChI=1S/C13H10ClFN2O3S/c14-10-4-2-1-3-9(10)13(18)17-12-6-5-8(7-11(12)15)21(16,19)20/h1-7H,(H,17,18)(H2,16,19,20). The Morgan fingerprint density at radius 3 is 2.43 bits per heavy atom. The zero-order valence-corrected chi connectivity index (χ0v) is 12.1. The number of amides is 1. The molecule has 0 fully saturated rings. The maximum Gasteiger partial charge on any atom is 0.257 e. The number of hydrogen-bond acceptors (Lipinski definition) is 3. The molecule has 0 aliphatic rings. The Morgan fingerprint density at radius 1 is 1.19 bits per heavy atom. The van der Waals surface area contributed by atoms with Crippen molar-refractivity contribution >= 4 is 33.2 Å². The highest BCUT2D eigenvalue weighted by Gasteiger charge is 2.15. The Kier molecular flexibility index (Phi) is 4.26. The van der Waals surface area contributed by atoms with Crippen LogP contribution >= 0.6 is 11.6 Å². The number of nitrogens with one attached hydrogen (secondary N) is 1. The lowest BCUT2D eigenvalue weighted by atomic mass is 10.2. The van der Waals surface area contributed by atoms with E-state index >= 15 is 0 Å². The fourth-order valence-electron chi connectivity index (χ4n) is 1.61. The number of rotatable bonds is 3. The van der Waals surface area contributed by atoms with Crippen LogP contribution in [0.1, 0.15) is 10.4 Å². The third-order valence-electron chi connectivity index (χ3n) is 2.64. The van der Waals surface area contributed by atoms with E-state index in [1.807, 2.05) is 0 Å². The highest BCUT2D eigenvalue weighted by molar-refractivity contribution is 7.89. The zero-order valence-electron chi connectivity index (χ0n) is 10.5. The van der Waals surface area contributed by atoms with Crippen molar-refractivity contribution in [1.82, 2.24) is 0 Å². The third-order valence-corrected chi connectivity index (χ3v) is 3.88. The summed E-state index contributed by atoms with van der Waals surface area (Å²) in [7, 11) is -4.00. The number of hydrogen-bond donors (Lipinski definition) is 2. The summed E-state index contributed by atoms with van der Waals surface area (Å²) >= 11 is 5.86. The SMILES string of the molecule is NS(=O)(=O)c1ccc(NC(=O)c2ccccc2Cl)c(F)c1. The number of carbonyl (C=O) groups excluding carboxylic acids is 1. The van der Waals surface area contributed by atoms with E-state index in [1.165, 1.54) is 12.1 Å². The van der Waals surface area contributed by atoms with Crippen molar-refractivity contribution in [3.63, 3.8) is 0 Å². The Hall–Kier alpha value is -1.96. The molecular formula is C13H10ClFN2O3S. The molecule has 21 heavy (non-hydrogen) atoms. The van der Waals surface area contributed by atoms with Crippen molar-refractivity contribution in [2.75, 3.05) is 5.32 Å². The maximum absolute atomic E-state index is 13.8. The van der Waals surface area contributed by atoms with Gasteiger partial charge in [-0.15, -0.1) is 0 Å². The second-order valence-electron chi connectivity index (χ2n) is 4.12. The summed E-state index contributed by atoms with van der Waals surface area (Å²) in [6, 6.07) is 9.22. The number of primary sulfonamides is 1. The Balaban J connectivity index is 2.29. The van der Waals surface area contributed by atoms with Crippen molar-refractivity contribution in [2.24, 2.45) is 5.14 Å². The normalized spacial score (nSPS) is 11.2. The van der Waals surface area contributed by atoms with Crippen molar-refractivity contribution in [2.45, 2.75) is 4.90 Å². The van der Waals surface area contributed by atoms with Crippen LogP contribution in [0.5, 0.6) is 0 Å². The highest BCUT2D eigenvalue weighted by Crippen LogP contribution is 2.21. The molecule has 0 spiro atoms. The number of halogens is 2. The molecule has 0 aliphatic heterocycles. The van der Waals surface area contributed by atoms with Crippen LogP contribution in [0.3, 0.4) is 0 Å². The van der Waals surface area contributed by atoms with Crippen LogP contribution in [-0.4, -0.2) is 14.3 Å². The molecule has 0 bridgehead atoms. The van der Waals surface area contributed by atoms with Gasteiger partial charge in [-0.2, -0.15) is 0 Å². The van der Waals surface area contributed by atoms with E-state index in [2.05, 4.69) is 5.32 Å². The quantitative estimate of drug-likeness (QED) is 0.906. The summed E-state index contributed by atoms with van der Waals surface area (Å²) in [5, 5.41) is 7.42. The minimum absolute atomic E-state index is 0.174. The third kappa shape index (κ3) is 3.57. The molecule has 0 saturated heterocycles. The summed E-state index contributed by atoms with van der Waals surface area (Å²) in [4.78, 5) is 11.6. The molecule has 0 heterocycles. The average molecular weight is 329 g/mol. The molecule has 2 aromatic carbocycles. The summed E-state index contributed by atoms with van der Waals surface area (Å²) in [5.74, 6) is -1.52. The lowest BCUT2D eigenvalue weighted by molar-refractivity contribution is 0.102. The van der Waals surface area contributed by atoms with E-state index < -0.39 is 21.7 Å². The fraction of sp³-hybridized carbons (Fsp3) is 0. The van der Waals surface area contributed by atoms with Crippen LogP contribution in [0, 0.1) is 5.82 Å². The first kappa shape index (κ1) is 15.4. The van der Waals surface area contributed by atoms with Crippen LogP contribution in [0.2, 0.25) is 5.02 Å². The van der Waals surface area contributed by atoms with Gasteiger partial charge in [-0.1, -0.05) is 23.7 Å². The molecule has 110 valence electrons. The van der Waals surface area contributed by atoms with Gasteiger partial charge in [0.05, 0.1) is 21.2 Å². The van der Waals surface area contributed by atoms with Gasteiger partial charge in [0.2, 0.25) is 10.0 Å². The van der Waals surface area contributed by atoms with Gasteiger partial charge < -0.3 is 5.32 Å². The lowest BCUT2D eigenvalue weighted by Gasteiger charge is -2.08. The minimum Gasteiger partial charge on any atom is -0.319 e. The van der Waals surface area contributed by atoms with Gasteiger partial charge in [0, 0.05) is 0 Å². The van der Waals surface area contributed by atoms with Gasteiger partial charge in [-0.3, -0.25) is 4.79 Å². The fourth-order valence-corrected chi connectivity index (χ4v) is 2.36. The van der Waals surface area contributed by atoms with Crippen molar-refractivity contribution in [3.05, 3.63) is 58.9 Å². The monoisotopic (exact) mass is 328 g/mol. The molecule has 0 unspecified atom stereocenters. The van der Waals surface area contributed by atoms with Crippen LogP contribution < -0.4 is 10.5 Å². The second kappa shape index (κ2) is 5.80. The minimum atomic E-state index is -4.00. The van der Waals surface area contributed by atoms with E-state index in [9.17, 15) is 17.6 Å². The summed E-state index contributed by atoms with van der Waals surface area (Å²) in [6.07, 6.45) is 0. The molecule has 0 atom stereocenters. The molecule has 0 aliphatic carbocycles. The highest BCUT2D eigenvalue weighted by atomic mass is 35.5. The lowest BCUT2D eigenvalue weighted by Crippen LogP contribution is -2.15. The molecule has 3 N–H and O–H groups in total. The average Bonchev–Trinajstić information content (AvgIpc) is 2.40. The molecule has 0 aromatic heterocycles. The second-order valence-corrected chi connectivity index (χ2v) is 6.09. The first-order valence-electron chi connectivity index (χ1n) is 5.67. The Bertz CT molecular complexity index is 809. The topological polar surface area (TPSA) is 89.3 Å². The number of sulfonamides is 1. The van der Waals surface area contributed by atoms with Gasteiger partial charge in [0.15, 0.2) is 0 Å². The number of anilines is 1. The van der Waals surface area contributed by atoms with E-state index in [0.29, 0.717) is 0 Å². The zero-order chi connectivity index (χ0) is 15.6. The van der Waals surface area contributed by atoms with Gasteiger partial charge >= 0.3 is 0 Å². The summed E-state index contributed by atoms with van der Waals surface area (Å²) in [5.41, 5.74) is 0.00130. The van der Waals surface area contributed by atoms with Gasteiger partial charge in [0.25, 0.3) is 5.91 Å². The molecule has 8 heteroatoms. The van der Waals surface area contributed by atoms with Crippen molar-refractivity contribution < 1.29 is 17.6 Å². The van der Waals surface area contributed by atoms with Crippen LogP contribution in [-0.2, 0) is 10.0 Å². The predicted molar refractivity (Wildman–Crippen MR) is 77.2 cm³/mol. The van der Waals surface area contributed by atoms with E-state index in [4.69, 9.17) is 16.7 Å². The van der Waals surface area contributed by atoms with E-state index in [-0.39, 0.29) is 21.2 Å². The van der Waals surface area contributed by atoms with Crippen LogP contribution in [0.15, 0.2) is 47.4 Å². The van der Waals surface area contributed by atoms with Gasteiger partial charge in [-0.25, -0.2) is 17.9 Å². The number of carbonyl (C=O) groups is 1. The number of benzene rings is 2. The van der Waals surface area contributed by atoms with E-state index in [0.717, 1.165) is 18.2 Å². The maximum atomic E-state index is 13.8. The summed E-state index contributed by atoms with van der Waals surface area (Å²) in [6.45, 7) is 0. The first-order chi connectivity index (χ1) is 9.79. The molecule has 2 aromatic rings. The van der Waals surface area contributed by atoms with E-state index in [1.54, 1.807) is 12.1 Å². The van der Waals surface area contributed by atoms with Gasteiger partial charge in [-0.05, 0) is 30.3 Å². The molecule has 2 rings (SSSR count). The molecule has 0 saturated carbocycles. The largest absolute Gasteiger partial charge is 0.319 e. The number of nitrogens with two attached hydrogens (primary N) is 1.